The van der Waals surface area contributed by atoms with Crippen molar-refractivity contribution in [3.8, 4) is 0 Å². The first kappa shape index (κ1) is 14.6. The van der Waals surface area contributed by atoms with E-state index in [1.165, 1.54) is 6.20 Å². The molecule has 1 atom stereocenters. The number of anilines is 1. The van der Waals surface area contributed by atoms with E-state index in [1.807, 2.05) is 0 Å². The largest absolute Gasteiger partial charge is 0.380 e. The van der Waals surface area contributed by atoms with E-state index in [1.54, 1.807) is 17.9 Å². The summed E-state index contributed by atoms with van der Waals surface area (Å²) in [5.74, 6) is -0.504. The van der Waals surface area contributed by atoms with Gasteiger partial charge in [-0.15, -0.1) is 0 Å². The second-order valence-corrected chi connectivity index (χ2v) is 5.25. The zero-order valence-corrected chi connectivity index (χ0v) is 12.0. The van der Waals surface area contributed by atoms with Crippen LogP contribution in [-0.4, -0.2) is 40.8 Å². The molecule has 1 fully saturated rings. The summed E-state index contributed by atoms with van der Waals surface area (Å²) in [5, 5.41) is 3.53. The van der Waals surface area contributed by atoms with Gasteiger partial charge < -0.3 is 16.0 Å². The van der Waals surface area contributed by atoms with E-state index in [0.717, 1.165) is 19.4 Å². The lowest BCUT2D eigenvalue weighted by atomic mass is 10.0. The molecule has 7 heteroatoms. The minimum Gasteiger partial charge on any atom is -0.380 e. The van der Waals surface area contributed by atoms with Gasteiger partial charge in [0.05, 0.1) is 11.3 Å². The van der Waals surface area contributed by atoms with E-state index in [9.17, 15) is 9.59 Å². The van der Waals surface area contributed by atoms with E-state index in [0.29, 0.717) is 17.8 Å². The second-order valence-electron chi connectivity index (χ2n) is 4.87. The van der Waals surface area contributed by atoms with Crippen molar-refractivity contribution in [3.63, 3.8) is 0 Å². The molecule has 1 aromatic heterocycles. The number of carbonyl (C=O) groups excluding carboxylic acids is 2. The van der Waals surface area contributed by atoms with Crippen LogP contribution in [-0.2, 0) is 4.79 Å². The average molecular weight is 297 g/mol. The maximum absolute atomic E-state index is 11.4. The van der Waals surface area contributed by atoms with Crippen molar-refractivity contribution in [2.24, 2.45) is 5.73 Å². The highest BCUT2D eigenvalue weighted by Gasteiger charge is 2.22. The highest BCUT2D eigenvalue weighted by molar-refractivity contribution is 6.29. The molecule has 0 unspecified atom stereocenters. The van der Waals surface area contributed by atoms with E-state index in [2.05, 4.69) is 10.3 Å². The fourth-order valence-electron chi connectivity index (χ4n) is 2.35. The molecule has 1 aromatic rings. The third-order valence-corrected chi connectivity index (χ3v) is 3.57. The van der Waals surface area contributed by atoms with Gasteiger partial charge in [0, 0.05) is 32.3 Å². The number of carbonyl (C=O) groups is 2. The van der Waals surface area contributed by atoms with Crippen molar-refractivity contribution < 1.29 is 9.59 Å². The fourth-order valence-corrected chi connectivity index (χ4v) is 2.50. The molecular weight excluding hydrogens is 280 g/mol. The van der Waals surface area contributed by atoms with Gasteiger partial charge in [-0.2, -0.15) is 0 Å². The number of nitrogens with one attached hydrogen (secondary N) is 1. The summed E-state index contributed by atoms with van der Waals surface area (Å²) >= 11 is 5.85. The molecule has 1 aliphatic rings. The number of likely N-dealkylation sites (tertiary alicyclic amines) is 1. The van der Waals surface area contributed by atoms with Crippen LogP contribution in [0.3, 0.4) is 0 Å². The van der Waals surface area contributed by atoms with Crippen LogP contribution in [0.2, 0.25) is 5.15 Å². The van der Waals surface area contributed by atoms with Crippen LogP contribution in [0.5, 0.6) is 0 Å². The van der Waals surface area contributed by atoms with Crippen LogP contribution < -0.4 is 11.1 Å². The lowest BCUT2D eigenvalue weighted by Gasteiger charge is -2.33. The Kier molecular flexibility index (Phi) is 4.44. The Balaban J connectivity index is 2.15. The molecule has 108 valence electrons. The highest BCUT2D eigenvalue weighted by atomic mass is 35.5. The Morgan fingerprint density at radius 3 is 2.95 bits per heavy atom. The van der Waals surface area contributed by atoms with Crippen molar-refractivity contribution in [1.29, 1.82) is 0 Å². The molecule has 1 saturated heterocycles. The monoisotopic (exact) mass is 296 g/mol. The van der Waals surface area contributed by atoms with Crippen molar-refractivity contribution in [3.05, 3.63) is 23.0 Å². The van der Waals surface area contributed by atoms with Crippen LogP contribution in [0.1, 0.15) is 30.1 Å². The van der Waals surface area contributed by atoms with E-state index < -0.39 is 5.91 Å². The number of nitrogens with zero attached hydrogens (tertiary/aromatic N) is 2. The number of hydrogen-bond acceptors (Lipinski definition) is 4. The highest BCUT2D eigenvalue weighted by Crippen LogP contribution is 2.22. The molecule has 2 rings (SSSR count). The van der Waals surface area contributed by atoms with Gasteiger partial charge in [-0.05, 0) is 18.9 Å². The molecule has 0 saturated carbocycles. The van der Waals surface area contributed by atoms with Crippen LogP contribution in [0.25, 0.3) is 0 Å². The van der Waals surface area contributed by atoms with Crippen LogP contribution in [0.15, 0.2) is 12.3 Å². The van der Waals surface area contributed by atoms with Crippen molar-refractivity contribution in [1.82, 2.24) is 9.88 Å². The molecule has 6 nitrogen and oxygen atoms in total. The number of aromatic nitrogens is 1. The lowest BCUT2D eigenvalue weighted by Crippen LogP contribution is -2.44. The minimum absolute atomic E-state index is 0.0550. The van der Waals surface area contributed by atoms with Gasteiger partial charge in [0.25, 0.3) is 5.91 Å². The van der Waals surface area contributed by atoms with E-state index >= 15 is 0 Å². The summed E-state index contributed by atoms with van der Waals surface area (Å²) in [4.78, 5) is 28.4. The predicted molar refractivity (Wildman–Crippen MR) is 76.7 cm³/mol. The molecule has 20 heavy (non-hydrogen) atoms. The number of rotatable bonds is 3. The number of nitrogens with two attached hydrogens (primary N) is 1. The van der Waals surface area contributed by atoms with Crippen LogP contribution in [0.4, 0.5) is 5.69 Å². The minimum atomic E-state index is -0.559. The molecule has 2 amide bonds. The zero-order valence-electron chi connectivity index (χ0n) is 11.2. The standard InChI is InChI=1S/C13H17ClN4O2/c1-8(19)18-4-2-3-9(7-18)17-11-5-12(14)16-6-10(11)13(15)20/h5-6,9H,2-4,7H2,1H3,(H2,15,20)(H,16,17)/t9-/m0/s1. The molecule has 1 aliphatic heterocycles. The third kappa shape index (κ3) is 3.39. The van der Waals surface area contributed by atoms with Gasteiger partial charge >= 0.3 is 0 Å². The summed E-state index contributed by atoms with van der Waals surface area (Å²) in [7, 11) is 0. The summed E-state index contributed by atoms with van der Waals surface area (Å²) in [6.45, 7) is 2.93. The Labute approximate surface area is 122 Å². The summed E-state index contributed by atoms with van der Waals surface area (Å²) in [6, 6.07) is 1.65. The number of hydrogen-bond donors (Lipinski definition) is 2. The van der Waals surface area contributed by atoms with Crippen LogP contribution in [0, 0.1) is 0 Å². The number of pyridine rings is 1. The van der Waals surface area contributed by atoms with Crippen molar-refractivity contribution >= 4 is 29.1 Å². The van der Waals surface area contributed by atoms with Gasteiger partial charge in [0.2, 0.25) is 5.91 Å². The number of halogens is 1. The molecule has 0 aromatic carbocycles. The summed E-state index contributed by atoms with van der Waals surface area (Å²) in [5.41, 5.74) is 6.18. The Morgan fingerprint density at radius 1 is 1.55 bits per heavy atom. The Hall–Kier alpha value is -1.82. The Morgan fingerprint density at radius 2 is 2.30 bits per heavy atom. The number of piperidine rings is 1. The quantitative estimate of drug-likeness (QED) is 0.822. The predicted octanol–water partition coefficient (Wildman–Crippen LogP) is 1.26. The molecule has 0 aliphatic carbocycles. The van der Waals surface area contributed by atoms with Gasteiger partial charge in [-0.3, -0.25) is 9.59 Å². The molecule has 2 heterocycles. The van der Waals surface area contributed by atoms with E-state index in [4.69, 9.17) is 17.3 Å². The second kappa shape index (κ2) is 6.09. The van der Waals surface area contributed by atoms with Gasteiger partial charge in [0.15, 0.2) is 0 Å². The average Bonchev–Trinajstić information content (AvgIpc) is 2.38. The third-order valence-electron chi connectivity index (χ3n) is 3.36. The molecular formula is C13H17ClN4O2. The van der Waals surface area contributed by atoms with Crippen molar-refractivity contribution in [2.75, 3.05) is 18.4 Å². The zero-order chi connectivity index (χ0) is 14.7. The van der Waals surface area contributed by atoms with Gasteiger partial charge in [-0.25, -0.2) is 4.98 Å². The first-order chi connectivity index (χ1) is 9.47. The smallest absolute Gasteiger partial charge is 0.252 e. The topological polar surface area (TPSA) is 88.3 Å². The number of amides is 2. The lowest BCUT2D eigenvalue weighted by molar-refractivity contribution is -0.129. The van der Waals surface area contributed by atoms with Crippen LogP contribution >= 0.6 is 11.6 Å². The molecule has 0 radical (unpaired) electrons. The van der Waals surface area contributed by atoms with E-state index in [-0.39, 0.29) is 17.1 Å². The SMILES string of the molecule is CC(=O)N1CCC[C@H](Nc2cc(Cl)ncc2C(N)=O)C1. The van der Waals surface area contributed by atoms with Gasteiger partial charge in [0.1, 0.15) is 5.15 Å². The molecule has 0 spiro atoms. The molecule has 0 bridgehead atoms. The van der Waals surface area contributed by atoms with Gasteiger partial charge in [-0.1, -0.05) is 11.6 Å². The normalized spacial score (nSPS) is 18.7. The maximum Gasteiger partial charge on any atom is 0.252 e. The summed E-state index contributed by atoms with van der Waals surface area (Å²) in [6.07, 6.45) is 3.20. The summed E-state index contributed by atoms with van der Waals surface area (Å²) < 4.78 is 0. The first-order valence-electron chi connectivity index (χ1n) is 6.44. The number of primary amides is 1. The first-order valence-corrected chi connectivity index (χ1v) is 6.82. The molecule has 3 N–H and O–H groups in total. The van der Waals surface area contributed by atoms with Crippen molar-refractivity contribution in [2.45, 2.75) is 25.8 Å². The Bertz CT molecular complexity index is 535. The maximum atomic E-state index is 11.4. The fraction of sp³-hybridized carbons (Fsp3) is 0.462.